The number of hydrogen-bond donors (Lipinski definition) is 2. The van der Waals surface area contributed by atoms with Gasteiger partial charge in [-0.25, -0.2) is 0 Å². The Morgan fingerprint density at radius 3 is 2.42 bits per heavy atom. The van der Waals surface area contributed by atoms with Gasteiger partial charge in [0.1, 0.15) is 0 Å². The first kappa shape index (κ1) is 16.5. The van der Waals surface area contributed by atoms with Gasteiger partial charge in [-0.3, -0.25) is 4.79 Å². The largest absolute Gasteiger partial charge is 0.416 e. The average Bonchev–Trinajstić information content (AvgIpc) is 3.37. The maximum Gasteiger partial charge on any atom is 0.416 e. The van der Waals surface area contributed by atoms with Crippen molar-refractivity contribution in [3.05, 3.63) is 65.7 Å². The van der Waals surface area contributed by atoms with E-state index in [-0.39, 0.29) is 11.6 Å². The normalized spacial score (nSPS) is 15.8. The molecule has 1 atom stereocenters. The Bertz CT molecular complexity index is 712. The fraction of sp³-hybridized carbons (Fsp3) is 0.278. The van der Waals surface area contributed by atoms with Crippen molar-refractivity contribution in [1.82, 2.24) is 0 Å². The van der Waals surface area contributed by atoms with Gasteiger partial charge in [0, 0.05) is 24.1 Å². The molecule has 0 aromatic heterocycles. The second kappa shape index (κ2) is 6.65. The van der Waals surface area contributed by atoms with Crippen molar-refractivity contribution in [3.63, 3.8) is 0 Å². The van der Waals surface area contributed by atoms with Crippen molar-refractivity contribution in [3.8, 4) is 0 Å². The number of nitrogens with two attached hydrogens (primary N) is 1. The fourth-order valence-corrected chi connectivity index (χ4v) is 2.56. The summed E-state index contributed by atoms with van der Waals surface area (Å²) in [5, 5.41) is 4.60. The third kappa shape index (κ3) is 4.14. The molecule has 1 aliphatic carbocycles. The monoisotopic (exact) mass is 335 g/mol. The van der Waals surface area contributed by atoms with Gasteiger partial charge in [0.15, 0.2) is 6.04 Å². The van der Waals surface area contributed by atoms with E-state index in [1.807, 2.05) is 35.6 Å². The van der Waals surface area contributed by atoms with Crippen LogP contribution in [0.15, 0.2) is 54.6 Å². The predicted molar refractivity (Wildman–Crippen MR) is 84.2 cm³/mol. The van der Waals surface area contributed by atoms with Crippen LogP contribution in [-0.4, -0.2) is 11.9 Å². The van der Waals surface area contributed by atoms with Crippen molar-refractivity contribution < 1.29 is 23.3 Å². The van der Waals surface area contributed by atoms with E-state index in [1.165, 1.54) is 12.1 Å². The molecule has 1 fully saturated rings. The lowest BCUT2D eigenvalue weighted by Gasteiger charge is -2.16. The van der Waals surface area contributed by atoms with E-state index >= 15 is 0 Å². The minimum atomic E-state index is -4.43. The summed E-state index contributed by atoms with van der Waals surface area (Å²) in [7, 11) is 0. The van der Waals surface area contributed by atoms with Gasteiger partial charge in [0.25, 0.3) is 5.91 Å². The smallest absolute Gasteiger partial charge is 0.330 e. The van der Waals surface area contributed by atoms with Crippen LogP contribution in [-0.2, 0) is 11.0 Å². The molecule has 0 radical (unpaired) electrons. The molecule has 3 rings (SSSR count). The number of carbonyl (C=O) groups is 1. The lowest BCUT2D eigenvalue weighted by Crippen LogP contribution is -2.88. The Morgan fingerprint density at radius 1 is 1.08 bits per heavy atom. The van der Waals surface area contributed by atoms with Crippen LogP contribution in [0.5, 0.6) is 0 Å². The summed E-state index contributed by atoms with van der Waals surface area (Å²) in [6.07, 6.45) is -2.32. The number of rotatable bonds is 5. The molecule has 0 saturated heterocycles. The van der Waals surface area contributed by atoms with Gasteiger partial charge in [0.05, 0.1) is 11.6 Å². The molecule has 0 unspecified atom stereocenters. The van der Waals surface area contributed by atoms with Crippen molar-refractivity contribution in [2.75, 3.05) is 5.32 Å². The zero-order valence-corrected chi connectivity index (χ0v) is 12.9. The first-order valence-corrected chi connectivity index (χ1v) is 7.81. The summed E-state index contributed by atoms with van der Waals surface area (Å²) in [5.41, 5.74) is 0.219. The summed E-state index contributed by atoms with van der Waals surface area (Å²) >= 11 is 0. The lowest BCUT2D eigenvalue weighted by atomic mass is 10.1. The fourth-order valence-electron chi connectivity index (χ4n) is 2.56. The van der Waals surface area contributed by atoms with E-state index in [0.29, 0.717) is 6.04 Å². The molecule has 1 saturated carbocycles. The Morgan fingerprint density at radius 2 is 1.79 bits per heavy atom. The van der Waals surface area contributed by atoms with Gasteiger partial charge in [-0.2, -0.15) is 13.2 Å². The second-order valence-electron chi connectivity index (χ2n) is 5.99. The van der Waals surface area contributed by atoms with Crippen molar-refractivity contribution >= 4 is 11.6 Å². The van der Waals surface area contributed by atoms with Crippen LogP contribution in [0.3, 0.4) is 0 Å². The van der Waals surface area contributed by atoms with E-state index in [0.717, 1.165) is 30.5 Å². The SMILES string of the molecule is O=C(Nc1cccc(C(F)(F)F)c1)[C@H]([NH2+]C1CC1)c1ccccc1. The summed E-state index contributed by atoms with van der Waals surface area (Å²) < 4.78 is 38.4. The van der Waals surface area contributed by atoms with Gasteiger partial charge in [-0.15, -0.1) is 0 Å². The van der Waals surface area contributed by atoms with Crippen LogP contribution in [0.25, 0.3) is 0 Å². The molecule has 0 aliphatic heterocycles. The zero-order valence-electron chi connectivity index (χ0n) is 12.9. The van der Waals surface area contributed by atoms with Gasteiger partial charge in [0.2, 0.25) is 0 Å². The number of hydrogen-bond acceptors (Lipinski definition) is 1. The third-order valence-electron chi connectivity index (χ3n) is 3.99. The number of anilines is 1. The number of benzene rings is 2. The first-order valence-electron chi connectivity index (χ1n) is 7.81. The second-order valence-corrected chi connectivity index (χ2v) is 5.99. The van der Waals surface area contributed by atoms with Crippen molar-refractivity contribution in [2.45, 2.75) is 31.1 Å². The van der Waals surface area contributed by atoms with Crippen LogP contribution in [0, 0.1) is 0 Å². The van der Waals surface area contributed by atoms with E-state index in [9.17, 15) is 18.0 Å². The first-order chi connectivity index (χ1) is 11.4. The number of alkyl halides is 3. The van der Waals surface area contributed by atoms with Crippen LogP contribution in [0.1, 0.15) is 30.0 Å². The maximum absolute atomic E-state index is 12.8. The summed E-state index contributed by atoms with van der Waals surface area (Å²) in [4.78, 5) is 12.6. The van der Waals surface area contributed by atoms with E-state index < -0.39 is 17.8 Å². The number of amides is 1. The molecule has 2 aromatic rings. The summed E-state index contributed by atoms with van der Waals surface area (Å²) in [6.45, 7) is 0. The minimum Gasteiger partial charge on any atom is -0.330 e. The Hall–Kier alpha value is -2.34. The molecule has 0 bridgehead atoms. The zero-order chi connectivity index (χ0) is 17.2. The Kier molecular flexibility index (Phi) is 4.57. The topological polar surface area (TPSA) is 45.7 Å². The van der Waals surface area contributed by atoms with Crippen molar-refractivity contribution in [1.29, 1.82) is 0 Å². The number of halogens is 3. The molecule has 1 amide bonds. The van der Waals surface area contributed by atoms with Crippen LogP contribution < -0.4 is 10.6 Å². The molecular weight excluding hydrogens is 317 g/mol. The molecule has 126 valence electrons. The number of quaternary nitrogens is 1. The number of nitrogens with one attached hydrogen (secondary N) is 1. The quantitative estimate of drug-likeness (QED) is 0.866. The molecule has 24 heavy (non-hydrogen) atoms. The van der Waals surface area contributed by atoms with E-state index in [1.54, 1.807) is 0 Å². The van der Waals surface area contributed by atoms with E-state index in [4.69, 9.17) is 0 Å². The molecule has 3 N–H and O–H groups in total. The highest BCUT2D eigenvalue weighted by Crippen LogP contribution is 2.30. The minimum absolute atomic E-state index is 0.153. The van der Waals surface area contributed by atoms with Gasteiger partial charge < -0.3 is 10.6 Å². The number of carbonyl (C=O) groups excluding carboxylic acids is 1. The molecule has 3 nitrogen and oxygen atoms in total. The highest BCUT2D eigenvalue weighted by molar-refractivity contribution is 5.94. The third-order valence-corrected chi connectivity index (χ3v) is 3.99. The van der Waals surface area contributed by atoms with Crippen molar-refractivity contribution in [2.24, 2.45) is 0 Å². The molecule has 1 aliphatic rings. The lowest BCUT2D eigenvalue weighted by molar-refractivity contribution is -0.695. The molecule has 0 heterocycles. The Labute approximate surface area is 137 Å². The summed E-state index contributed by atoms with van der Waals surface area (Å²) in [6, 6.07) is 13.9. The highest BCUT2D eigenvalue weighted by Gasteiger charge is 2.34. The standard InChI is InChI=1S/C18H17F3N2O/c19-18(20,21)13-7-4-8-15(11-13)23-17(24)16(22-14-9-10-14)12-5-2-1-3-6-12/h1-8,11,14,16,22H,9-10H2,(H,23,24)/p+1/t16-/m1/s1. The average molecular weight is 335 g/mol. The van der Waals surface area contributed by atoms with Gasteiger partial charge in [-0.1, -0.05) is 36.4 Å². The molecule has 0 spiro atoms. The van der Waals surface area contributed by atoms with E-state index in [2.05, 4.69) is 5.32 Å². The van der Waals surface area contributed by atoms with Crippen LogP contribution >= 0.6 is 0 Å². The molecular formula is C18H18F3N2O+. The predicted octanol–water partition coefficient (Wildman–Crippen LogP) is 3.11. The van der Waals surface area contributed by atoms with Gasteiger partial charge >= 0.3 is 6.18 Å². The Balaban J connectivity index is 1.78. The van der Waals surface area contributed by atoms with Crippen LogP contribution in [0.4, 0.5) is 18.9 Å². The highest BCUT2D eigenvalue weighted by atomic mass is 19.4. The van der Waals surface area contributed by atoms with Crippen LogP contribution in [0.2, 0.25) is 0 Å². The molecule has 6 heteroatoms. The molecule has 2 aromatic carbocycles. The maximum atomic E-state index is 12.8. The summed E-state index contributed by atoms with van der Waals surface area (Å²) in [5.74, 6) is -0.313. The van der Waals surface area contributed by atoms with Gasteiger partial charge in [-0.05, 0) is 18.2 Å².